The van der Waals surface area contributed by atoms with Gasteiger partial charge in [0.05, 0.1) is 6.61 Å². The number of nitrogens with one attached hydrogen (secondary N) is 2. The van der Waals surface area contributed by atoms with Crippen LogP contribution in [0.1, 0.15) is 63.3 Å². The highest BCUT2D eigenvalue weighted by Crippen LogP contribution is 2.32. The quantitative estimate of drug-likeness (QED) is 0.377. The Balaban J connectivity index is 2.52. The molecule has 0 fully saturated rings. The number of aryl methyl sites for hydroxylation is 2. The number of rotatable bonds is 10. The van der Waals surface area contributed by atoms with Crippen molar-refractivity contribution in [1.29, 1.82) is 0 Å². The SMILES string of the molecule is CCCCN(C(=O)C(CO)NC(=O)OC(C)(C)C)C(C(=O)Nc1c(C)cccc1C)c1ccccc1O. The maximum Gasteiger partial charge on any atom is 0.408 e. The predicted molar refractivity (Wildman–Crippen MR) is 142 cm³/mol. The van der Waals surface area contributed by atoms with Crippen LogP contribution in [-0.2, 0) is 14.3 Å². The summed E-state index contributed by atoms with van der Waals surface area (Å²) in [5.41, 5.74) is 1.72. The average Bonchev–Trinajstić information content (AvgIpc) is 2.81. The number of phenols is 1. The Morgan fingerprint density at radius 3 is 2.19 bits per heavy atom. The largest absolute Gasteiger partial charge is 0.508 e. The fourth-order valence-corrected chi connectivity index (χ4v) is 3.90. The molecule has 0 radical (unpaired) electrons. The second kappa shape index (κ2) is 13.1. The van der Waals surface area contributed by atoms with Gasteiger partial charge in [0, 0.05) is 17.8 Å². The number of hydrogen-bond donors (Lipinski definition) is 4. The minimum absolute atomic E-state index is 0.154. The van der Waals surface area contributed by atoms with Gasteiger partial charge in [-0.05, 0) is 58.2 Å². The molecule has 0 aliphatic rings. The molecule has 0 aliphatic heterocycles. The molecule has 9 heteroatoms. The van der Waals surface area contributed by atoms with E-state index >= 15 is 0 Å². The van der Waals surface area contributed by atoms with E-state index in [9.17, 15) is 24.6 Å². The van der Waals surface area contributed by atoms with E-state index in [1.807, 2.05) is 39.0 Å². The Hall–Kier alpha value is -3.59. The van der Waals surface area contributed by atoms with Crippen molar-refractivity contribution in [2.24, 2.45) is 0 Å². The first-order chi connectivity index (χ1) is 17.4. The molecule has 3 amide bonds. The lowest BCUT2D eigenvalue weighted by atomic mass is 10.0. The van der Waals surface area contributed by atoms with Crippen molar-refractivity contribution >= 4 is 23.6 Å². The first-order valence-electron chi connectivity index (χ1n) is 12.4. The van der Waals surface area contributed by atoms with Gasteiger partial charge < -0.3 is 30.5 Å². The van der Waals surface area contributed by atoms with Gasteiger partial charge in [-0.25, -0.2) is 4.79 Å². The summed E-state index contributed by atoms with van der Waals surface area (Å²) in [6, 6.07) is 9.34. The van der Waals surface area contributed by atoms with E-state index in [4.69, 9.17) is 4.74 Å². The summed E-state index contributed by atoms with van der Waals surface area (Å²) in [6.45, 7) is 10.2. The smallest absolute Gasteiger partial charge is 0.408 e. The lowest BCUT2D eigenvalue weighted by molar-refractivity contribution is -0.141. The summed E-state index contributed by atoms with van der Waals surface area (Å²) in [5, 5.41) is 26.0. The number of benzene rings is 2. The molecule has 2 unspecified atom stereocenters. The van der Waals surface area contributed by atoms with E-state index in [0.29, 0.717) is 12.1 Å². The summed E-state index contributed by atoms with van der Waals surface area (Å²) in [7, 11) is 0. The molecular formula is C28H39N3O6. The molecule has 202 valence electrons. The molecule has 4 N–H and O–H groups in total. The topological polar surface area (TPSA) is 128 Å². The van der Waals surface area contributed by atoms with Gasteiger partial charge in [-0.1, -0.05) is 49.7 Å². The fraction of sp³-hybridized carbons (Fsp3) is 0.464. The molecule has 2 atom stereocenters. The molecule has 2 aromatic rings. The zero-order chi connectivity index (χ0) is 27.8. The molecule has 0 saturated heterocycles. The second-order valence-corrected chi connectivity index (χ2v) is 9.98. The van der Waals surface area contributed by atoms with Crippen LogP contribution in [0.2, 0.25) is 0 Å². The molecule has 0 spiro atoms. The summed E-state index contributed by atoms with van der Waals surface area (Å²) in [5.74, 6) is -1.36. The Bertz CT molecular complexity index is 1080. The summed E-state index contributed by atoms with van der Waals surface area (Å²) in [6.07, 6.45) is 0.408. The minimum atomic E-state index is -1.35. The number of aliphatic hydroxyl groups is 1. The Labute approximate surface area is 218 Å². The Morgan fingerprint density at radius 2 is 1.65 bits per heavy atom. The van der Waals surface area contributed by atoms with Crippen molar-refractivity contribution in [3.05, 3.63) is 59.2 Å². The van der Waals surface area contributed by atoms with Crippen molar-refractivity contribution in [3.8, 4) is 5.75 Å². The van der Waals surface area contributed by atoms with E-state index < -0.39 is 42.2 Å². The molecule has 9 nitrogen and oxygen atoms in total. The minimum Gasteiger partial charge on any atom is -0.508 e. The second-order valence-electron chi connectivity index (χ2n) is 9.98. The van der Waals surface area contributed by atoms with Crippen LogP contribution in [0.4, 0.5) is 10.5 Å². The number of anilines is 1. The number of carbonyl (C=O) groups excluding carboxylic acids is 3. The third kappa shape index (κ3) is 8.21. The van der Waals surface area contributed by atoms with Gasteiger partial charge in [0.1, 0.15) is 23.4 Å². The third-order valence-electron chi connectivity index (χ3n) is 5.73. The van der Waals surface area contributed by atoms with Crippen molar-refractivity contribution in [1.82, 2.24) is 10.2 Å². The average molecular weight is 514 g/mol. The lowest BCUT2D eigenvalue weighted by Gasteiger charge is -2.34. The molecule has 0 heterocycles. The van der Waals surface area contributed by atoms with Gasteiger partial charge in [-0.2, -0.15) is 0 Å². The van der Waals surface area contributed by atoms with Crippen LogP contribution in [0.3, 0.4) is 0 Å². The van der Waals surface area contributed by atoms with Crippen molar-refractivity contribution in [2.75, 3.05) is 18.5 Å². The summed E-state index contributed by atoms with van der Waals surface area (Å²) >= 11 is 0. The number of ether oxygens (including phenoxy) is 1. The lowest BCUT2D eigenvalue weighted by Crippen LogP contribution is -2.54. The maximum absolute atomic E-state index is 13.8. The Kier molecular flexibility index (Phi) is 10.5. The maximum atomic E-state index is 13.8. The molecule has 0 aromatic heterocycles. The number of nitrogens with zero attached hydrogens (tertiary/aromatic N) is 1. The number of amides is 3. The van der Waals surface area contributed by atoms with Gasteiger partial charge in [-0.3, -0.25) is 9.59 Å². The van der Waals surface area contributed by atoms with Gasteiger partial charge >= 0.3 is 6.09 Å². The van der Waals surface area contributed by atoms with Gasteiger partial charge in [0.25, 0.3) is 5.91 Å². The molecule has 0 bridgehead atoms. The highest BCUT2D eigenvalue weighted by molar-refractivity contribution is 6.00. The number of hydrogen-bond acceptors (Lipinski definition) is 6. The van der Waals surface area contributed by atoms with Gasteiger partial charge in [-0.15, -0.1) is 0 Å². The first kappa shape index (κ1) is 29.6. The normalized spacial score (nSPS) is 12.8. The standard InChI is InChI=1S/C28H39N3O6/c1-7-8-16-31(26(35)21(17-32)29-27(36)37-28(4,5)6)24(20-14-9-10-15-22(20)33)25(34)30-23-18(2)12-11-13-19(23)3/h9-15,21,24,32-33H,7-8,16-17H2,1-6H3,(H,29,36)(H,30,34). The summed E-state index contributed by atoms with van der Waals surface area (Å²) < 4.78 is 5.25. The summed E-state index contributed by atoms with van der Waals surface area (Å²) in [4.78, 5) is 41.2. The third-order valence-corrected chi connectivity index (χ3v) is 5.73. The van der Waals surface area contributed by atoms with Crippen LogP contribution in [-0.4, -0.2) is 57.8 Å². The number of unbranched alkanes of at least 4 members (excludes halogenated alkanes) is 1. The number of para-hydroxylation sites is 2. The molecule has 37 heavy (non-hydrogen) atoms. The first-order valence-corrected chi connectivity index (χ1v) is 12.4. The fourth-order valence-electron chi connectivity index (χ4n) is 3.90. The van der Waals surface area contributed by atoms with E-state index in [1.165, 1.54) is 11.0 Å². The molecule has 2 aromatic carbocycles. The van der Waals surface area contributed by atoms with E-state index in [0.717, 1.165) is 17.5 Å². The van der Waals surface area contributed by atoms with E-state index in [2.05, 4.69) is 10.6 Å². The Morgan fingerprint density at radius 1 is 1.03 bits per heavy atom. The van der Waals surface area contributed by atoms with Crippen molar-refractivity contribution in [2.45, 2.75) is 72.1 Å². The van der Waals surface area contributed by atoms with Gasteiger partial charge in [0.15, 0.2) is 0 Å². The van der Waals surface area contributed by atoms with E-state index in [-0.39, 0.29) is 17.9 Å². The van der Waals surface area contributed by atoms with Crippen LogP contribution < -0.4 is 10.6 Å². The monoisotopic (exact) mass is 513 g/mol. The van der Waals surface area contributed by atoms with Crippen LogP contribution in [0, 0.1) is 13.8 Å². The van der Waals surface area contributed by atoms with Crippen LogP contribution in [0.5, 0.6) is 5.75 Å². The number of phenolic OH excluding ortho intramolecular Hbond substituents is 1. The number of aliphatic hydroxyl groups excluding tert-OH is 1. The van der Waals surface area contributed by atoms with Crippen molar-refractivity contribution < 1.29 is 29.3 Å². The molecule has 0 aliphatic carbocycles. The molecule has 2 rings (SSSR count). The van der Waals surface area contributed by atoms with Crippen molar-refractivity contribution in [3.63, 3.8) is 0 Å². The highest BCUT2D eigenvalue weighted by atomic mass is 16.6. The number of alkyl carbamates (subject to hydrolysis) is 1. The van der Waals surface area contributed by atoms with Crippen LogP contribution >= 0.6 is 0 Å². The zero-order valence-corrected chi connectivity index (χ0v) is 22.5. The van der Waals surface area contributed by atoms with Crippen LogP contribution in [0.25, 0.3) is 0 Å². The van der Waals surface area contributed by atoms with Crippen LogP contribution in [0.15, 0.2) is 42.5 Å². The highest BCUT2D eigenvalue weighted by Gasteiger charge is 2.37. The number of aromatic hydroxyl groups is 1. The van der Waals surface area contributed by atoms with E-state index in [1.54, 1.807) is 39.0 Å². The predicted octanol–water partition coefficient (Wildman–Crippen LogP) is 4.20. The molecular weight excluding hydrogens is 474 g/mol. The molecule has 0 saturated carbocycles. The number of carbonyl (C=O) groups is 3. The zero-order valence-electron chi connectivity index (χ0n) is 22.5. The van der Waals surface area contributed by atoms with Gasteiger partial charge in [0.2, 0.25) is 5.91 Å².